The molecule has 1 aliphatic carbocycles. The summed E-state index contributed by atoms with van der Waals surface area (Å²) in [5.41, 5.74) is 1.41. The summed E-state index contributed by atoms with van der Waals surface area (Å²) in [5.74, 6) is 0.0436. The first-order chi connectivity index (χ1) is 18.0. The zero-order valence-corrected chi connectivity index (χ0v) is 23.8. The van der Waals surface area contributed by atoms with Crippen molar-refractivity contribution in [3.8, 4) is 0 Å². The van der Waals surface area contributed by atoms with Gasteiger partial charge in [-0.2, -0.15) is 0 Å². The number of allylic oxidation sites excluding steroid dienone is 6. The fourth-order valence-corrected chi connectivity index (χ4v) is 5.96. The molecule has 208 valence electrons. The summed E-state index contributed by atoms with van der Waals surface area (Å²) in [7, 11) is -3.44. The Hall–Kier alpha value is -2.04. The summed E-state index contributed by atoms with van der Waals surface area (Å²) in [6, 6.07) is 2.63. The average molecular weight is 586 g/mol. The molecule has 1 heterocycles. The highest BCUT2D eigenvalue weighted by Crippen LogP contribution is 2.36. The van der Waals surface area contributed by atoms with Crippen molar-refractivity contribution < 1.29 is 17.5 Å². The molecule has 0 saturated carbocycles. The zero-order chi connectivity index (χ0) is 27.9. The number of hydrogen-bond acceptors (Lipinski definition) is 6. The van der Waals surface area contributed by atoms with Crippen LogP contribution >= 0.6 is 23.2 Å². The minimum atomic E-state index is -3.44. The predicted molar refractivity (Wildman–Crippen MR) is 152 cm³/mol. The van der Waals surface area contributed by atoms with Gasteiger partial charge in [-0.05, 0) is 75.4 Å². The van der Waals surface area contributed by atoms with Crippen LogP contribution in [-0.2, 0) is 14.8 Å². The first-order valence-electron chi connectivity index (χ1n) is 12.7. The van der Waals surface area contributed by atoms with E-state index >= 15 is 0 Å². The summed E-state index contributed by atoms with van der Waals surface area (Å²) < 4.78 is 42.5. The van der Waals surface area contributed by atoms with Gasteiger partial charge in [0.25, 0.3) is 0 Å². The van der Waals surface area contributed by atoms with Crippen LogP contribution in [0.3, 0.4) is 0 Å². The SMILES string of the molecule is CC(OC1=CC(/C(C=N)=C/CCC2CCN(CCS(N)(=O)=O)CC2)C=CCC1=N)c1c(Cl)ccc(F)c1Cl. The molecule has 1 fully saturated rings. The predicted octanol–water partition coefficient (Wildman–Crippen LogP) is 6.05. The maximum atomic E-state index is 14.0. The van der Waals surface area contributed by atoms with Gasteiger partial charge < -0.3 is 20.5 Å². The van der Waals surface area contributed by atoms with Gasteiger partial charge in [0.1, 0.15) is 17.7 Å². The van der Waals surface area contributed by atoms with Crippen molar-refractivity contribution in [2.45, 2.75) is 45.1 Å². The number of sulfonamides is 1. The lowest BCUT2D eigenvalue weighted by Gasteiger charge is -2.31. The molecule has 0 amide bonds. The van der Waals surface area contributed by atoms with Gasteiger partial charge in [-0.3, -0.25) is 0 Å². The van der Waals surface area contributed by atoms with Crippen LogP contribution in [0.4, 0.5) is 4.39 Å². The van der Waals surface area contributed by atoms with Crippen molar-refractivity contribution in [3.05, 3.63) is 69.2 Å². The molecule has 7 nitrogen and oxygen atoms in total. The fourth-order valence-electron chi connectivity index (χ4n) is 4.77. The van der Waals surface area contributed by atoms with Crippen LogP contribution in [0.2, 0.25) is 10.0 Å². The van der Waals surface area contributed by atoms with Crippen LogP contribution in [0.25, 0.3) is 0 Å². The number of hydrogen-bond donors (Lipinski definition) is 3. The van der Waals surface area contributed by atoms with E-state index < -0.39 is 21.9 Å². The van der Waals surface area contributed by atoms with Crippen LogP contribution in [-0.4, -0.2) is 50.6 Å². The van der Waals surface area contributed by atoms with E-state index in [-0.39, 0.29) is 27.4 Å². The lowest BCUT2D eigenvalue weighted by atomic mass is 9.90. The lowest BCUT2D eigenvalue weighted by Crippen LogP contribution is -2.37. The highest BCUT2D eigenvalue weighted by molar-refractivity contribution is 7.89. The molecule has 1 aliphatic heterocycles. The second-order valence-electron chi connectivity index (χ2n) is 9.76. The van der Waals surface area contributed by atoms with Crippen LogP contribution in [0.15, 0.2) is 47.8 Å². The third kappa shape index (κ3) is 8.74. The molecule has 1 aromatic carbocycles. The summed E-state index contributed by atoms with van der Waals surface area (Å²) in [6.07, 6.45) is 12.5. The number of nitrogens with zero attached hydrogens (tertiary/aromatic N) is 1. The second kappa shape index (κ2) is 13.8. The molecule has 2 atom stereocenters. The topological polar surface area (TPSA) is 120 Å². The molecule has 1 saturated heterocycles. The van der Waals surface area contributed by atoms with E-state index in [1.54, 1.807) is 6.92 Å². The van der Waals surface area contributed by atoms with Crippen molar-refractivity contribution >= 4 is 45.2 Å². The summed E-state index contributed by atoms with van der Waals surface area (Å²) in [5, 5.41) is 21.7. The van der Waals surface area contributed by atoms with Gasteiger partial charge in [0.05, 0.1) is 16.5 Å². The Kier molecular flexibility index (Phi) is 11.1. The van der Waals surface area contributed by atoms with E-state index in [1.807, 2.05) is 18.2 Å². The van der Waals surface area contributed by atoms with Crippen molar-refractivity contribution in [1.82, 2.24) is 4.90 Å². The molecule has 2 unspecified atom stereocenters. The van der Waals surface area contributed by atoms with Crippen LogP contribution in [0.1, 0.15) is 50.7 Å². The number of likely N-dealkylation sites (tertiary alicyclic amines) is 1. The fraction of sp³-hybridized carbons (Fsp3) is 0.481. The van der Waals surface area contributed by atoms with E-state index in [0.717, 1.165) is 44.3 Å². The molecule has 0 bridgehead atoms. The van der Waals surface area contributed by atoms with E-state index in [2.05, 4.69) is 11.0 Å². The van der Waals surface area contributed by atoms with Gasteiger partial charge >= 0.3 is 0 Å². The van der Waals surface area contributed by atoms with Gasteiger partial charge in [-0.1, -0.05) is 41.4 Å². The number of rotatable bonds is 11. The molecule has 38 heavy (non-hydrogen) atoms. The van der Waals surface area contributed by atoms with E-state index in [9.17, 15) is 12.8 Å². The molecule has 0 aromatic heterocycles. The number of benzene rings is 1. The Morgan fingerprint density at radius 1 is 1.32 bits per heavy atom. The Morgan fingerprint density at radius 3 is 2.68 bits per heavy atom. The molecule has 0 spiro atoms. The van der Waals surface area contributed by atoms with E-state index in [0.29, 0.717) is 30.2 Å². The van der Waals surface area contributed by atoms with Crippen LogP contribution < -0.4 is 5.14 Å². The number of halogens is 3. The molecule has 3 rings (SSSR count). The average Bonchev–Trinajstić information content (AvgIpc) is 3.04. The molecular formula is C27H35Cl2FN4O3S. The Bertz CT molecular complexity index is 1220. The van der Waals surface area contributed by atoms with Gasteiger partial charge in [0.15, 0.2) is 0 Å². The standard InChI is InChI=1S/C27H35Cl2FN4O3S/c1-18(26-22(28)8-9-23(30)27(26)29)37-25-16-20(5-3-7-24(25)32)21(17-31)6-2-4-19-10-12-34(13-11-19)14-15-38(33,35)36/h3,5-6,8-9,16-20,31-32H,2,4,7,10-15H2,1H3,(H2,33,35,36)/b21-6+,31-17?,32-24?. The smallest absolute Gasteiger partial charge is 0.210 e. The number of piperidine rings is 1. The minimum Gasteiger partial charge on any atom is -0.484 e. The monoisotopic (exact) mass is 584 g/mol. The third-order valence-corrected chi connectivity index (χ3v) is 8.45. The first kappa shape index (κ1) is 30.5. The summed E-state index contributed by atoms with van der Waals surface area (Å²) in [6.45, 7) is 3.90. The molecular weight excluding hydrogens is 550 g/mol. The zero-order valence-electron chi connectivity index (χ0n) is 21.4. The molecule has 4 N–H and O–H groups in total. The normalized spacial score (nSPS) is 20.7. The van der Waals surface area contributed by atoms with Gasteiger partial charge in [0, 0.05) is 35.7 Å². The molecule has 2 aliphatic rings. The summed E-state index contributed by atoms with van der Waals surface area (Å²) in [4.78, 5) is 2.14. The Labute approximate surface area is 234 Å². The second-order valence-corrected chi connectivity index (χ2v) is 12.3. The van der Waals surface area contributed by atoms with Gasteiger partial charge in [0.2, 0.25) is 10.0 Å². The largest absolute Gasteiger partial charge is 0.484 e. The molecule has 1 aromatic rings. The highest BCUT2D eigenvalue weighted by Gasteiger charge is 2.23. The maximum Gasteiger partial charge on any atom is 0.210 e. The first-order valence-corrected chi connectivity index (χ1v) is 15.1. The Morgan fingerprint density at radius 2 is 2.03 bits per heavy atom. The third-order valence-electron chi connectivity index (χ3n) is 6.99. The number of nitrogens with one attached hydrogen (secondary N) is 2. The van der Waals surface area contributed by atoms with Crippen molar-refractivity contribution in [2.24, 2.45) is 17.0 Å². The molecule has 0 radical (unpaired) electrons. The Balaban J connectivity index is 1.62. The van der Waals surface area contributed by atoms with Crippen LogP contribution in [0, 0.1) is 28.5 Å². The van der Waals surface area contributed by atoms with Crippen molar-refractivity contribution in [3.63, 3.8) is 0 Å². The van der Waals surface area contributed by atoms with Gasteiger partial charge in [-0.25, -0.2) is 17.9 Å². The number of primary sulfonamides is 1. The van der Waals surface area contributed by atoms with Crippen molar-refractivity contribution in [1.29, 1.82) is 10.8 Å². The lowest BCUT2D eigenvalue weighted by molar-refractivity contribution is 0.146. The van der Waals surface area contributed by atoms with E-state index in [1.165, 1.54) is 18.3 Å². The number of nitrogens with two attached hydrogens (primary N) is 1. The molecule has 11 heteroatoms. The minimum absolute atomic E-state index is 0.0181. The van der Waals surface area contributed by atoms with Gasteiger partial charge in [-0.15, -0.1) is 0 Å². The quantitative estimate of drug-likeness (QED) is 0.166. The van der Waals surface area contributed by atoms with E-state index in [4.69, 9.17) is 43.9 Å². The van der Waals surface area contributed by atoms with Crippen LogP contribution in [0.5, 0.6) is 0 Å². The summed E-state index contributed by atoms with van der Waals surface area (Å²) >= 11 is 12.4. The number of ether oxygens (including phenoxy) is 1. The van der Waals surface area contributed by atoms with Crippen molar-refractivity contribution in [2.75, 3.05) is 25.4 Å². The maximum absolute atomic E-state index is 14.0. The highest BCUT2D eigenvalue weighted by atomic mass is 35.5.